The van der Waals surface area contributed by atoms with E-state index in [1.807, 2.05) is 0 Å². The van der Waals surface area contributed by atoms with E-state index in [0.717, 1.165) is 19.0 Å². The first-order valence-corrected chi connectivity index (χ1v) is 6.49. The molecule has 0 aliphatic carbocycles. The minimum Gasteiger partial charge on any atom is -0.316 e. The van der Waals surface area contributed by atoms with Gasteiger partial charge in [0.2, 0.25) is 0 Å². The Balaban J connectivity index is 2.18. The van der Waals surface area contributed by atoms with Crippen molar-refractivity contribution in [1.82, 2.24) is 5.32 Å². The molecule has 0 aliphatic heterocycles. The van der Waals surface area contributed by atoms with Crippen molar-refractivity contribution in [1.29, 1.82) is 0 Å². The van der Waals surface area contributed by atoms with E-state index in [-0.39, 0.29) is 0 Å². The van der Waals surface area contributed by atoms with Crippen molar-refractivity contribution in [3.8, 4) is 0 Å². The van der Waals surface area contributed by atoms with Crippen molar-refractivity contribution >= 4 is 0 Å². The van der Waals surface area contributed by atoms with Crippen molar-refractivity contribution < 1.29 is 0 Å². The second-order valence-electron chi connectivity index (χ2n) is 4.82. The Kier molecular flexibility index (Phi) is 6.17. The Bertz CT molecular complexity index is 268. The van der Waals surface area contributed by atoms with Crippen molar-refractivity contribution in [2.24, 2.45) is 5.92 Å². The molecule has 1 aromatic rings. The summed E-state index contributed by atoms with van der Waals surface area (Å²) in [6, 6.07) is 10.8. The Labute approximate surface area is 100 Å². The largest absolute Gasteiger partial charge is 0.316 e. The van der Waals surface area contributed by atoms with Gasteiger partial charge in [0.1, 0.15) is 0 Å². The van der Waals surface area contributed by atoms with Crippen LogP contribution in [-0.2, 0) is 0 Å². The lowest BCUT2D eigenvalue weighted by Gasteiger charge is -2.14. The predicted molar refractivity (Wildman–Crippen MR) is 71.8 cm³/mol. The molecule has 1 rings (SSSR count). The molecule has 0 aliphatic rings. The van der Waals surface area contributed by atoms with Crippen LogP contribution in [0.25, 0.3) is 0 Å². The fourth-order valence-corrected chi connectivity index (χ4v) is 1.76. The number of benzene rings is 1. The lowest BCUT2D eigenvalue weighted by Crippen LogP contribution is -2.22. The molecule has 0 spiro atoms. The van der Waals surface area contributed by atoms with Crippen molar-refractivity contribution in [2.75, 3.05) is 13.1 Å². The molecule has 90 valence electrons. The topological polar surface area (TPSA) is 12.0 Å². The Morgan fingerprint density at radius 2 is 1.81 bits per heavy atom. The van der Waals surface area contributed by atoms with Gasteiger partial charge in [0.05, 0.1) is 0 Å². The third-order valence-corrected chi connectivity index (χ3v) is 3.31. The van der Waals surface area contributed by atoms with Crippen LogP contribution in [0.2, 0.25) is 0 Å². The summed E-state index contributed by atoms with van der Waals surface area (Å²) in [6.07, 6.45) is 2.49. The molecule has 0 fully saturated rings. The highest BCUT2D eigenvalue weighted by Crippen LogP contribution is 2.17. The number of hydrogen-bond donors (Lipinski definition) is 1. The van der Waals surface area contributed by atoms with Crippen LogP contribution < -0.4 is 5.32 Å². The summed E-state index contributed by atoms with van der Waals surface area (Å²) in [5, 5.41) is 3.54. The Morgan fingerprint density at radius 1 is 1.12 bits per heavy atom. The smallest absolute Gasteiger partial charge is 0.00233 e. The SMILES string of the molecule is CCC(C)CNCCC(C)c1ccccc1. The molecule has 1 aromatic carbocycles. The summed E-state index contributed by atoms with van der Waals surface area (Å²) in [4.78, 5) is 0. The molecule has 2 atom stereocenters. The molecule has 0 saturated carbocycles. The van der Waals surface area contributed by atoms with Crippen molar-refractivity contribution in [3.63, 3.8) is 0 Å². The van der Waals surface area contributed by atoms with Crippen molar-refractivity contribution in [2.45, 2.75) is 39.5 Å². The molecule has 1 heteroatoms. The van der Waals surface area contributed by atoms with Crippen LogP contribution in [0.15, 0.2) is 30.3 Å². The summed E-state index contributed by atoms with van der Waals surface area (Å²) < 4.78 is 0. The van der Waals surface area contributed by atoms with Crippen LogP contribution in [0.3, 0.4) is 0 Å². The van der Waals surface area contributed by atoms with Gasteiger partial charge in [-0.1, -0.05) is 57.5 Å². The van der Waals surface area contributed by atoms with Crippen LogP contribution in [-0.4, -0.2) is 13.1 Å². The molecule has 1 nitrogen and oxygen atoms in total. The first-order valence-electron chi connectivity index (χ1n) is 6.49. The van der Waals surface area contributed by atoms with Crippen LogP contribution in [0.1, 0.15) is 45.1 Å². The lowest BCUT2D eigenvalue weighted by molar-refractivity contribution is 0.486. The van der Waals surface area contributed by atoms with Crippen molar-refractivity contribution in [3.05, 3.63) is 35.9 Å². The number of nitrogens with one attached hydrogen (secondary N) is 1. The van der Waals surface area contributed by atoms with Gasteiger partial charge in [0.15, 0.2) is 0 Å². The molecule has 0 bridgehead atoms. The third-order valence-electron chi connectivity index (χ3n) is 3.31. The summed E-state index contributed by atoms with van der Waals surface area (Å²) in [7, 11) is 0. The molecule has 0 saturated heterocycles. The highest BCUT2D eigenvalue weighted by atomic mass is 14.8. The average molecular weight is 219 g/mol. The molecular weight excluding hydrogens is 194 g/mol. The number of hydrogen-bond acceptors (Lipinski definition) is 1. The predicted octanol–water partition coefficient (Wildman–Crippen LogP) is 3.82. The minimum absolute atomic E-state index is 0.658. The molecule has 0 aromatic heterocycles. The fraction of sp³-hybridized carbons (Fsp3) is 0.600. The van der Waals surface area contributed by atoms with E-state index in [4.69, 9.17) is 0 Å². The molecule has 16 heavy (non-hydrogen) atoms. The van der Waals surface area contributed by atoms with E-state index in [1.165, 1.54) is 18.4 Å². The maximum atomic E-state index is 3.54. The van der Waals surface area contributed by atoms with Gasteiger partial charge >= 0.3 is 0 Å². The zero-order valence-electron chi connectivity index (χ0n) is 10.9. The molecule has 0 amide bonds. The normalized spacial score (nSPS) is 14.7. The molecule has 1 N–H and O–H groups in total. The van der Waals surface area contributed by atoms with Gasteiger partial charge in [-0.05, 0) is 36.9 Å². The third kappa shape index (κ3) is 4.80. The molecule has 2 unspecified atom stereocenters. The first-order chi connectivity index (χ1) is 7.74. The monoisotopic (exact) mass is 219 g/mol. The standard InChI is InChI=1S/C15H25N/c1-4-13(2)12-16-11-10-14(3)15-8-6-5-7-9-15/h5-9,13-14,16H,4,10-12H2,1-3H3. The van der Waals surface area contributed by atoms with Crippen LogP contribution in [0, 0.1) is 5.92 Å². The van der Waals surface area contributed by atoms with E-state index >= 15 is 0 Å². The van der Waals surface area contributed by atoms with Crippen LogP contribution in [0.5, 0.6) is 0 Å². The highest BCUT2D eigenvalue weighted by molar-refractivity contribution is 5.18. The van der Waals surface area contributed by atoms with Gasteiger partial charge in [-0.2, -0.15) is 0 Å². The molecule has 0 heterocycles. The van der Waals surface area contributed by atoms with Gasteiger partial charge in [0, 0.05) is 0 Å². The van der Waals surface area contributed by atoms with Gasteiger partial charge in [-0.15, -0.1) is 0 Å². The van der Waals surface area contributed by atoms with E-state index < -0.39 is 0 Å². The first kappa shape index (κ1) is 13.2. The zero-order chi connectivity index (χ0) is 11.8. The highest BCUT2D eigenvalue weighted by Gasteiger charge is 2.04. The maximum absolute atomic E-state index is 3.54. The van der Waals surface area contributed by atoms with Crippen LogP contribution >= 0.6 is 0 Å². The zero-order valence-corrected chi connectivity index (χ0v) is 10.9. The lowest BCUT2D eigenvalue weighted by atomic mass is 9.98. The average Bonchev–Trinajstić information content (AvgIpc) is 2.35. The van der Waals surface area contributed by atoms with E-state index in [9.17, 15) is 0 Å². The summed E-state index contributed by atoms with van der Waals surface area (Å²) in [5.41, 5.74) is 1.45. The van der Waals surface area contributed by atoms with Crippen LogP contribution in [0.4, 0.5) is 0 Å². The maximum Gasteiger partial charge on any atom is -0.00233 e. The van der Waals surface area contributed by atoms with Gasteiger partial charge in [0.25, 0.3) is 0 Å². The van der Waals surface area contributed by atoms with Gasteiger partial charge in [-0.3, -0.25) is 0 Å². The van der Waals surface area contributed by atoms with E-state index in [2.05, 4.69) is 56.4 Å². The Morgan fingerprint density at radius 3 is 2.44 bits per heavy atom. The minimum atomic E-state index is 0.658. The quantitative estimate of drug-likeness (QED) is 0.687. The fourth-order valence-electron chi connectivity index (χ4n) is 1.76. The van der Waals surface area contributed by atoms with E-state index in [1.54, 1.807) is 0 Å². The van der Waals surface area contributed by atoms with Gasteiger partial charge < -0.3 is 5.32 Å². The van der Waals surface area contributed by atoms with E-state index in [0.29, 0.717) is 5.92 Å². The summed E-state index contributed by atoms with van der Waals surface area (Å²) in [6.45, 7) is 9.13. The Hall–Kier alpha value is -0.820. The molecular formula is C15H25N. The second-order valence-corrected chi connectivity index (χ2v) is 4.82. The summed E-state index contributed by atoms with van der Waals surface area (Å²) >= 11 is 0. The van der Waals surface area contributed by atoms with Gasteiger partial charge in [-0.25, -0.2) is 0 Å². The summed E-state index contributed by atoms with van der Waals surface area (Å²) in [5.74, 6) is 1.46. The number of rotatable bonds is 7. The molecule has 0 radical (unpaired) electrons. The second kappa shape index (κ2) is 7.45.